The molecule has 0 saturated heterocycles. The highest BCUT2D eigenvalue weighted by molar-refractivity contribution is 9.10. The van der Waals surface area contributed by atoms with Crippen molar-refractivity contribution in [3.63, 3.8) is 0 Å². The van der Waals surface area contributed by atoms with Gasteiger partial charge in [0.15, 0.2) is 11.5 Å². The molecule has 0 bridgehead atoms. The van der Waals surface area contributed by atoms with Crippen LogP contribution in [0.2, 0.25) is 5.02 Å². The van der Waals surface area contributed by atoms with Crippen LogP contribution in [0, 0.1) is 5.92 Å². The lowest BCUT2D eigenvalue weighted by molar-refractivity contribution is -0.131. The van der Waals surface area contributed by atoms with Gasteiger partial charge in [-0.3, -0.25) is 9.59 Å². The quantitative estimate of drug-likeness (QED) is 0.191. The van der Waals surface area contributed by atoms with Crippen molar-refractivity contribution in [2.45, 2.75) is 13.5 Å². The van der Waals surface area contributed by atoms with Gasteiger partial charge in [-0.05, 0) is 82.5 Å². The summed E-state index contributed by atoms with van der Waals surface area (Å²) in [4.78, 5) is 24.8. The van der Waals surface area contributed by atoms with Gasteiger partial charge in [-0.25, -0.2) is 5.43 Å². The molecular formula is C26H25BrClN3O5. The van der Waals surface area contributed by atoms with Crippen LogP contribution in [0.3, 0.4) is 0 Å². The van der Waals surface area contributed by atoms with E-state index in [2.05, 4.69) is 31.8 Å². The number of benzene rings is 3. The first-order valence-corrected chi connectivity index (χ1v) is 12.0. The van der Waals surface area contributed by atoms with E-state index in [1.54, 1.807) is 55.6 Å². The van der Waals surface area contributed by atoms with Crippen LogP contribution in [0.25, 0.3) is 0 Å². The van der Waals surface area contributed by atoms with Gasteiger partial charge in [0, 0.05) is 10.7 Å². The molecule has 2 N–H and O–H groups in total. The Bertz CT molecular complexity index is 1230. The Hall–Kier alpha value is -3.56. The van der Waals surface area contributed by atoms with Gasteiger partial charge >= 0.3 is 0 Å². The summed E-state index contributed by atoms with van der Waals surface area (Å²) in [5.41, 5.74) is 4.54. The molecule has 0 radical (unpaired) electrons. The van der Waals surface area contributed by atoms with Crippen molar-refractivity contribution in [3.05, 3.63) is 81.3 Å². The number of anilines is 1. The van der Waals surface area contributed by atoms with Gasteiger partial charge in [0.1, 0.15) is 18.3 Å². The number of halogens is 2. The van der Waals surface area contributed by atoms with E-state index in [-0.39, 0.29) is 0 Å². The third kappa shape index (κ3) is 7.47. The lowest BCUT2D eigenvalue weighted by atomic mass is 10.1. The molecule has 1 atom stereocenters. The van der Waals surface area contributed by atoms with Crippen molar-refractivity contribution in [1.29, 1.82) is 0 Å². The molecule has 2 amide bonds. The summed E-state index contributed by atoms with van der Waals surface area (Å²) < 4.78 is 17.1. The molecule has 8 nitrogen and oxygen atoms in total. The second-order valence-corrected chi connectivity index (χ2v) is 8.91. The number of amides is 2. The monoisotopic (exact) mass is 573 g/mol. The van der Waals surface area contributed by atoms with E-state index >= 15 is 0 Å². The molecule has 0 fully saturated rings. The van der Waals surface area contributed by atoms with E-state index in [1.165, 1.54) is 20.2 Å². The number of nitrogens with one attached hydrogen (secondary N) is 2. The van der Waals surface area contributed by atoms with E-state index in [4.69, 9.17) is 25.8 Å². The average molecular weight is 575 g/mol. The van der Waals surface area contributed by atoms with Gasteiger partial charge < -0.3 is 19.5 Å². The van der Waals surface area contributed by atoms with Crippen LogP contribution in [0.15, 0.2) is 70.2 Å². The second-order valence-electron chi connectivity index (χ2n) is 7.62. The maximum absolute atomic E-state index is 12.4. The third-order valence-electron chi connectivity index (χ3n) is 5.08. The predicted octanol–water partition coefficient (Wildman–Crippen LogP) is 5.42. The molecule has 0 aliphatic carbocycles. The molecule has 0 heterocycles. The molecule has 0 spiro atoms. The van der Waals surface area contributed by atoms with Crippen LogP contribution in [0.4, 0.5) is 5.69 Å². The van der Waals surface area contributed by atoms with Gasteiger partial charge in [-0.1, -0.05) is 23.7 Å². The molecule has 10 heteroatoms. The topological polar surface area (TPSA) is 98.2 Å². The molecule has 0 aliphatic rings. The SMILES string of the molecule is COc1ccc(NC(=O)C(C)C(=O)NN=Cc2cc(Br)c(OCc3ccc(Cl)cc3)c(OC)c2)cc1. The highest BCUT2D eigenvalue weighted by atomic mass is 79.9. The van der Waals surface area contributed by atoms with Crippen molar-refractivity contribution in [2.75, 3.05) is 19.5 Å². The summed E-state index contributed by atoms with van der Waals surface area (Å²) in [6.45, 7) is 1.82. The highest BCUT2D eigenvalue weighted by Gasteiger charge is 2.21. The lowest BCUT2D eigenvalue weighted by Gasteiger charge is -2.14. The molecule has 188 valence electrons. The molecule has 36 heavy (non-hydrogen) atoms. The van der Waals surface area contributed by atoms with Crippen LogP contribution in [0.5, 0.6) is 17.2 Å². The van der Waals surface area contributed by atoms with E-state index in [0.29, 0.717) is 44.6 Å². The van der Waals surface area contributed by atoms with E-state index in [9.17, 15) is 9.59 Å². The normalized spacial score (nSPS) is 11.6. The summed E-state index contributed by atoms with van der Waals surface area (Å²) >= 11 is 9.42. The van der Waals surface area contributed by atoms with Gasteiger partial charge in [-0.15, -0.1) is 0 Å². The number of rotatable bonds is 10. The van der Waals surface area contributed by atoms with Crippen LogP contribution in [0.1, 0.15) is 18.1 Å². The minimum absolute atomic E-state index is 0.325. The smallest absolute Gasteiger partial charge is 0.252 e. The van der Waals surface area contributed by atoms with Crippen molar-refractivity contribution >= 4 is 51.2 Å². The zero-order valence-corrected chi connectivity index (χ0v) is 22.2. The first-order chi connectivity index (χ1) is 17.3. The Labute approximate surface area is 222 Å². The van der Waals surface area contributed by atoms with E-state index in [0.717, 1.165) is 5.56 Å². The van der Waals surface area contributed by atoms with Crippen LogP contribution >= 0.6 is 27.5 Å². The number of methoxy groups -OCH3 is 2. The maximum atomic E-state index is 12.4. The van der Waals surface area contributed by atoms with Gasteiger partial charge in [0.05, 0.1) is 24.9 Å². The molecule has 0 aromatic heterocycles. The summed E-state index contributed by atoms with van der Waals surface area (Å²) in [6.07, 6.45) is 1.45. The summed E-state index contributed by atoms with van der Waals surface area (Å²) in [5, 5.41) is 7.31. The Morgan fingerprint density at radius 3 is 2.36 bits per heavy atom. The Morgan fingerprint density at radius 2 is 1.72 bits per heavy atom. The van der Waals surface area contributed by atoms with Crippen molar-refractivity contribution in [3.8, 4) is 17.2 Å². The Morgan fingerprint density at radius 1 is 1.03 bits per heavy atom. The van der Waals surface area contributed by atoms with Gasteiger partial charge in [0.2, 0.25) is 5.91 Å². The van der Waals surface area contributed by atoms with E-state index in [1.807, 2.05) is 12.1 Å². The Kier molecular flexibility index (Phi) is 9.72. The fraction of sp³-hybridized carbons (Fsp3) is 0.192. The maximum Gasteiger partial charge on any atom is 0.252 e. The number of ether oxygens (including phenoxy) is 3. The first kappa shape index (κ1) is 27.0. The number of nitrogens with zero attached hydrogens (tertiary/aromatic N) is 1. The first-order valence-electron chi connectivity index (χ1n) is 10.8. The number of hydrazone groups is 1. The third-order valence-corrected chi connectivity index (χ3v) is 5.92. The van der Waals surface area contributed by atoms with Crippen molar-refractivity contribution < 1.29 is 23.8 Å². The van der Waals surface area contributed by atoms with Crippen molar-refractivity contribution in [2.24, 2.45) is 11.0 Å². The number of hydrogen-bond donors (Lipinski definition) is 2. The largest absolute Gasteiger partial charge is 0.497 e. The minimum atomic E-state index is -0.964. The lowest BCUT2D eigenvalue weighted by Crippen LogP contribution is -2.34. The summed E-state index contributed by atoms with van der Waals surface area (Å²) in [7, 11) is 3.09. The van der Waals surface area contributed by atoms with Gasteiger partial charge in [-0.2, -0.15) is 5.10 Å². The number of carbonyl (C=O) groups is 2. The fourth-order valence-electron chi connectivity index (χ4n) is 3.00. The molecule has 0 saturated carbocycles. The molecular weight excluding hydrogens is 550 g/mol. The standard InChI is InChI=1S/C26H25BrClN3O5/c1-16(25(32)30-20-8-10-21(34-2)11-9-20)26(33)31-29-14-18-12-22(27)24(23(13-18)35-3)36-15-17-4-6-19(28)7-5-17/h4-14,16H,15H2,1-3H3,(H,30,32)(H,31,33). The van der Waals surface area contributed by atoms with Crippen LogP contribution in [-0.4, -0.2) is 32.2 Å². The molecule has 1 unspecified atom stereocenters. The molecule has 3 aromatic carbocycles. The summed E-state index contributed by atoms with van der Waals surface area (Å²) in [6, 6.07) is 17.6. The molecule has 3 rings (SSSR count). The fourth-order valence-corrected chi connectivity index (χ4v) is 3.70. The zero-order chi connectivity index (χ0) is 26.1. The molecule has 0 aliphatic heterocycles. The summed E-state index contributed by atoms with van der Waals surface area (Å²) in [5.74, 6) is -0.298. The van der Waals surface area contributed by atoms with Crippen molar-refractivity contribution in [1.82, 2.24) is 5.43 Å². The second kappa shape index (κ2) is 12.9. The number of hydrogen-bond acceptors (Lipinski definition) is 6. The van der Waals surface area contributed by atoms with Crippen LogP contribution in [-0.2, 0) is 16.2 Å². The number of carbonyl (C=O) groups excluding carboxylic acids is 2. The van der Waals surface area contributed by atoms with Crippen LogP contribution < -0.4 is 25.0 Å². The molecule has 3 aromatic rings. The van der Waals surface area contributed by atoms with E-state index < -0.39 is 17.7 Å². The zero-order valence-electron chi connectivity index (χ0n) is 19.9. The highest BCUT2D eigenvalue weighted by Crippen LogP contribution is 2.37. The minimum Gasteiger partial charge on any atom is -0.497 e. The van der Waals surface area contributed by atoms with Gasteiger partial charge in [0.25, 0.3) is 5.91 Å². The average Bonchev–Trinajstić information content (AvgIpc) is 2.88. The predicted molar refractivity (Wildman–Crippen MR) is 143 cm³/mol. The Balaban J connectivity index is 1.58.